The number of alkyl halides is 3. The van der Waals surface area contributed by atoms with Gasteiger partial charge in [-0.05, 0) is 42.8 Å². The molecule has 0 N–H and O–H groups in total. The van der Waals surface area contributed by atoms with Crippen molar-refractivity contribution < 1.29 is 39.5 Å². The molecule has 0 fully saturated rings. The zero-order valence-corrected chi connectivity index (χ0v) is 21.3. The van der Waals surface area contributed by atoms with Gasteiger partial charge in [0.05, 0.1) is 27.8 Å². The van der Waals surface area contributed by atoms with Gasteiger partial charge in [-0.25, -0.2) is 22.0 Å². The Morgan fingerprint density at radius 3 is 1.90 bits per heavy atom. The van der Waals surface area contributed by atoms with Crippen molar-refractivity contribution in [2.75, 3.05) is 0 Å². The average Bonchev–Trinajstić information content (AvgIpc) is 3.48. The zero-order chi connectivity index (χ0) is 29.7. The van der Waals surface area contributed by atoms with E-state index in [9.17, 15) is 26.3 Å². The lowest BCUT2D eigenvalue weighted by Crippen LogP contribution is -2.11. The lowest BCUT2D eigenvalue weighted by molar-refractivity contribution is -0.137. The van der Waals surface area contributed by atoms with Gasteiger partial charge in [0.15, 0.2) is 23.3 Å². The van der Waals surface area contributed by atoms with E-state index in [4.69, 9.17) is 4.42 Å². The Morgan fingerprint density at radius 2 is 1.21 bits per heavy atom. The summed E-state index contributed by atoms with van der Waals surface area (Å²) in [5.74, 6) is -11.4. The third kappa shape index (κ3) is 3.57. The van der Waals surface area contributed by atoms with Crippen molar-refractivity contribution in [3.05, 3.63) is 113 Å². The van der Waals surface area contributed by atoms with Crippen molar-refractivity contribution in [1.29, 1.82) is 0 Å². The number of hydrogen-bond acceptors (Lipinski definition) is 1. The van der Waals surface area contributed by atoms with Gasteiger partial charge >= 0.3 is 6.18 Å². The smallest absolute Gasteiger partial charge is 0.416 e. The Morgan fingerprint density at radius 1 is 0.595 bits per heavy atom. The number of para-hydroxylation sites is 2. The van der Waals surface area contributed by atoms with Crippen LogP contribution in [0.2, 0.25) is 0 Å². The summed E-state index contributed by atoms with van der Waals surface area (Å²) in [4.78, 5) is 0. The number of fused-ring (bicyclic) bond motifs is 6. The normalized spacial score (nSPS) is 12.4. The summed E-state index contributed by atoms with van der Waals surface area (Å²) in [5, 5.41) is 2.85. The molecule has 7 aromatic rings. The first-order valence-electron chi connectivity index (χ1n) is 12.6. The van der Waals surface area contributed by atoms with Crippen LogP contribution in [0, 0.1) is 36.0 Å². The highest BCUT2D eigenvalue weighted by Crippen LogP contribution is 2.45. The lowest BCUT2D eigenvalue weighted by Gasteiger charge is -2.20. The number of aryl methyl sites for hydroxylation is 1. The molecule has 0 amide bonds. The molecular weight excluding hydrogens is 566 g/mol. The van der Waals surface area contributed by atoms with Crippen LogP contribution >= 0.6 is 0 Å². The summed E-state index contributed by atoms with van der Waals surface area (Å²) < 4.78 is 122. The van der Waals surface area contributed by atoms with E-state index < -0.39 is 52.0 Å². The van der Waals surface area contributed by atoms with E-state index >= 15 is 8.78 Å². The maximum Gasteiger partial charge on any atom is 0.416 e. The van der Waals surface area contributed by atoms with Gasteiger partial charge in [0, 0.05) is 33.2 Å². The van der Waals surface area contributed by atoms with E-state index in [1.54, 1.807) is 42.5 Å². The highest BCUT2D eigenvalue weighted by Gasteiger charge is 2.35. The van der Waals surface area contributed by atoms with Crippen molar-refractivity contribution in [2.45, 2.75) is 13.1 Å². The van der Waals surface area contributed by atoms with Crippen LogP contribution in [0.1, 0.15) is 11.1 Å². The molecule has 0 bridgehead atoms. The minimum absolute atomic E-state index is 0.115. The molecule has 0 aliphatic carbocycles. The second-order valence-corrected chi connectivity index (χ2v) is 9.95. The Hall–Kier alpha value is -4.86. The Balaban J connectivity index is 1.68. The first-order valence-corrected chi connectivity index (χ1v) is 12.6. The largest absolute Gasteiger partial charge is 0.456 e. The lowest BCUT2D eigenvalue weighted by atomic mass is 9.95. The number of benzene rings is 5. The monoisotopic (exact) mass is 581 g/mol. The first-order chi connectivity index (χ1) is 20.0. The van der Waals surface area contributed by atoms with Crippen LogP contribution in [0.25, 0.3) is 60.6 Å². The Bertz CT molecular complexity index is 2230. The maximum absolute atomic E-state index is 15.2. The highest BCUT2D eigenvalue weighted by atomic mass is 19.4. The van der Waals surface area contributed by atoms with Gasteiger partial charge in [0.2, 0.25) is 5.82 Å². The van der Waals surface area contributed by atoms with Crippen LogP contribution < -0.4 is 0 Å². The van der Waals surface area contributed by atoms with E-state index in [-0.39, 0.29) is 11.3 Å². The molecule has 5 aromatic carbocycles. The first kappa shape index (κ1) is 26.1. The maximum atomic E-state index is 15.2. The van der Waals surface area contributed by atoms with Crippen LogP contribution in [0.3, 0.4) is 0 Å². The standard InChI is InChI=1S/C32H15F8NO/c1-14-10-15(32(38,39)40)11-20(25-26(33)28(35)30(37)29(36)27(25)34)31(14)41-21-8-4-2-6-16(21)18-12-19-17-7-3-5-9-23(17)42-24(19)13-22(18)41/h2-13H,1H3. The molecule has 7 rings (SSSR count). The Kier molecular flexibility index (Phi) is 5.47. The fourth-order valence-corrected chi connectivity index (χ4v) is 5.70. The highest BCUT2D eigenvalue weighted by molar-refractivity contribution is 6.17. The second-order valence-electron chi connectivity index (χ2n) is 9.95. The average molecular weight is 581 g/mol. The molecule has 0 unspecified atom stereocenters. The predicted octanol–water partition coefficient (Wildman–Crippen LogP) is 10.4. The van der Waals surface area contributed by atoms with Crippen LogP contribution in [0.4, 0.5) is 35.1 Å². The molecule has 0 radical (unpaired) electrons. The van der Waals surface area contributed by atoms with Crippen LogP contribution in [0.5, 0.6) is 0 Å². The summed E-state index contributed by atoms with van der Waals surface area (Å²) in [6.45, 7) is 1.28. The molecule has 0 saturated carbocycles. The summed E-state index contributed by atoms with van der Waals surface area (Å²) >= 11 is 0. The minimum atomic E-state index is -4.98. The molecule has 2 aromatic heterocycles. The summed E-state index contributed by atoms with van der Waals surface area (Å²) in [6, 6.07) is 18.7. The van der Waals surface area contributed by atoms with Gasteiger partial charge in [0.1, 0.15) is 11.2 Å². The van der Waals surface area contributed by atoms with E-state index in [0.717, 1.165) is 16.8 Å². The molecule has 10 heteroatoms. The number of hydrogen-bond donors (Lipinski definition) is 0. The molecule has 2 nitrogen and oxygen atoms in total. The van der Waals surface area contributed by atoms with Crippen molar-refractivity contribution in [2.24, 2.45) is 0 Å². The van der Waals surface area contributed by atoms with E-state index in [1.165, 1.54) is 11.5 Å². The third-order valence-electron chi connectivity index (χ3n) is 7.50. The molecule has 0 aliphatic rings. The van der Waals surface area contributed by atoms with Crippen LogP contribution in [-0.2, 0) is 6.18 Å². The molecule has 42 heavy (non-hydrogen) atoms. The van der Waals surface area contributed by atoms with Gasteiger partial charge < -0.3 is 8.98 Å². The Labute approximate surface area is 231 Å². The number of nitrogens with zero attached hydrogens (tertiary/aromatic N) is 1. The topological polar surface area (TPSA) is 18.1 Å². The fourth-order valence-electron chi connectivity index (χ4n) is 5.70. The van der Waals surface area contributed by atoms with Crippen molar-refractivity contribution in [3.8, 4) is 16.8 Å². The van der Waals surface area contributed by atoms with E-state index in [1.807, 2.05) is 18.2 Å². The number of halogens is 8. The SMILES string of the molecule is Cc1cc(C(F)(F)F)cc(-c2c(F)c(F)c(F)c(F)c2F)c1-n1c2ccccc2c2cc3c(cc21)oc1ccccc13. The van der Waals surface area contributed by atoms with Gasteiger partial charge in [-0.15, -0.1) is 0 Å². The molecule has 2 heterocycles. The predicted molar refractivity (Wildman–Crippen MR) is 143 cm³/mol. The number of rotatable bonds is 2. The van der Waals surface area contributed by atoms with Crippen molar-refractivity contribution in [1.82, 2.24) is 4.57 Å². The quantitative estimate of drug-likeness (QED) is 0.113. The second kappa shape index (κ2) is 8.82. The molecule has 0 aliphatic heterocycles. The van der Waals surface area contributed by atoms with Gasteiger partial charge in [0.25, 0.3) is 0 Å². The van der Waals surface area contributed by atoms with Gasteiger partial charge in [-0.2, -0.15) is 13.2 Å². The molecular formula is C32H15F8NO. The number of aromatic nitrogens is 1. The van der Waals surface area contributed by atoms with E-state index in [2.05, 4.69) is 0 Å². The van der Waals surface area contributed by atoms with Crippen molar-refractivity contribution >= 4 is 43.7 Å². The third-order valence-corrected chi connectivity index (χ3v) is 7.50. The summed E-state index contributed by atoms with van der Waals surface area (Å²) in [5.41, 5.74) is -2.08. The molecule has 0 spiro atoms. The van der Waals surface area contributed by atoms with Crippen LogP contribution in [-0.4, -0.2) is 4.57 Å². The van der Waals surface area contributed by atoms with Crippen LogP contribution in [0.15, 0.2) is 77.2 Å². The van der Waals surface area contributed by atoms with E-state index in [0.29, 0.717) is 39.0 Å². The number of furan rings is 1. The van der Waals surface area contributed by atoms with Gasteiger partial charge in [-0.3, -0.25) is 0 Å². The summed E-state index contributed by atoms with van der Waals surface area (Å²) in [6.07, 6.45) is -4.98. The summed E-state index contributed by atoms with van der Waals surface area (Å²) in [7, 11) is 0. The zero-order valence-electron chi connectivity index (χ0n) is 21.3. The molecule has 0 atom stereocenters. The molecule has 0 saturated heterocycles. The van der Waals surface area contributed by atoms with Gasteiger partial charge in [-0.1, -0.05) is 36.4 Å². The molecule has 210 valence electrons. The van der Waals surface area contributed by atoms with Crippen molar-refractivity contribution in [3.63, 3.8) is 0 Å². The minimum Gasteiger partial charge on any atom is -0.456 e. The fraction of sp³-hybridized carbons (Fsp3) is 0.0625.